The fourth-order valence-electron chi connectivity index (χ4n) is 3.01. The van der Waals surface area contributed by atoms with Crippen LogP contribution in [0.1, 0.15) is 22.3 Å². The molecule has 1 aliphatic heterocycles. The Balaban J connectivity index is 1.49. The van der Waals surface area contributed by atoms with Crippen LogP contribution in [-0.2, 0) is 4.74 Å². The summed E-state index contributed by atoms with van der Waals surface area (Å²) in [5.74, 6) is 0.743. The van der Waals surface area contributed by atoms with Crippen LogP contribution in [0, 0.1) is 5.82 Å². The van der Waals surface area contributed by atoms with E-state index < -0.39 is 11.9 Å². The maximum absolute atomic E-state index is 13.4. The predicted octanol–water partition coefficient (Wildman–Crippen LogP) is 3.10. The van der Waals surface area contributed by atoms with Gasteiger partial charge in [-0.2, -0.15) is 4.98 Å². The molecule has 0 aliphatic carbocycles. The molecule has 7 nitrogen and oxygen atoms in total. The van der Waals surface area contributed by atoms with Crippen LogP contribution in [0.25, 0.3) is 11.5 Å². The normalized spacial score (nSPS) is 16.8. The molecule has 28 heavy (non-hydrogen) atoms. The molecule has 4 rings (SSSR count). The number of methoxy groups -OCH3 is 1. The number of hydrogen-bond acceptors (Lipinski definition) is 6. The molecular weight excluding hydrogens is 365 g/mol. The lowest BCUT2D eigenvalue weighted by Gasteiger charge is -2.31. The van der Waals surface area contributed by atoms with Crippen molar-refractivity contribution in [2.24, 2.45) is 0 Å². The highest BCUT2D eigenvalue weighted by Gasteiger charge is 2.29. The van der Waals surface area contributed by atoms with Crippen LogP contribution in [-0.4, -0.2) is 47.8 Å². The van der Waals surface area contributed by atoms with Crippen molar-refractivity contribution in [3.63, 3.8) is 0 Å². The van der Waals surface area contributed by atoms with Gasteiger partial charge in [0.15, 0.2) is 0 Å². The highest BCUT2D eigenvalue weighted by Crippen LogP contribution is 2.25. The molecule has 2 heterocycles. The molecule has 1 saturated heterocycles. The summed E-state index contributed by atoms with van der Waals surface area (Å²) < 4.78 is 29.6. The number of morpholine rings is 1. The van der Waals surface area contributed by atoms with E-state index in [-0.39, 0.29) is 12.5 Å². The Kier molecular flexibility index (Phi) is 5.03. The van der Waals surface area contributed by atoms with Gasteiger partial charge >= 0.3 is 0 Å². The van der Waals surface area contributed by atoms with Crippen molar-refractivity contribution in [1.82, 2.24) is 15.0 Å². The van der Waals surface area contributed by atoms with Gasteiger partial charge in [0.1, 0.15) is 17.7 Å². The van der Waals surface area contributed by atoms with Crippen molar-refractivity contribution in [3.8, 4) is 17.2 Å². The Morgan fingerprint density at radius 1 is 1.25 bits per heavy atom. The van der Waals surface area contributed by atoms with E-state index in [2.05, 4.69) is 10.1 Å². The van der Waals surface area contributed by atoms with Crippen molar-refractivity contribution in [1.29, 1.82) is 0 Å². The first-order valence-corrected chi connectivity index (χ1v) is 8.78. The maximum atomic E-state index is 13.4. The van der Waals surface area contributed by atoms with E-state index in [0.29, 0.717) is 30.4 Å². The quantitative estimate of drug-likeness (QED) is 0.689. The number of hydrogen-bond donors (Lipinski definition) is 0. The summed E-state index contributed by atoms with van der Waals surface area (Å²) in [6, 6.07) is 12.9. The zero-order valence-corrected chi connectivity index (χ0v) is 15.2. The van der Waals surface area contributed by atoms with Crippen LogP contribution in [0.2, 0.25) is 0 Å². The van der Waals surface area contributed by atoms with E-state index in [1.807, 2.05) is 12.1 Å². The zero-order chi connectivity index (χ0) is 19.5. The van der Waals surface area contributed by atoms with E-state index in [4.69, 9.17) is 14.0 Å². The van der Waals surface area contributed by atoms with Gasteiger partial charge < -0.3 is 18.9 Å². The van der Waals surface area contributed by atoms with Gasteiger partial charge in [0.2, 0.25) is 5.82 Å². The van der Waals surface area contributed by atoms with Crippen LogP contribution in [0.4, 0.5) is 4.39 Å². The third-order valence-corrected chi connectivity index (χ3v) is 4.49. The first kappa shape index (κ1) is 18.1. The van der Waals surface area contributed by atoms with Crippen LogP contribution < -0.4 is 4.74 Å². The van der Waals surface area contributed by atoms with Gasteiger partial charge in [0.05, 0.1) is 20.3 Å². The number of nitrogens with zero attached hydrogens (tertiary/aromatic N) is 3. The molecule has 1 fully saturated rings. The molecule has 0 saturated carbocycles. The van der Waals surface area contributed by atoms with E-state index in [1.54, 1.807) is 30.2 Å². The maximum Gasteiger partial charge on any atom is 0.258 e. The van der Waals surface area contributed by atoms with E-state index in [1.165, 1.54) is 18.2 Å². The lowest BCUT2D eigenvalue weighted by atomic mass is 10.1. The Bertz CT molecular complexity index is 974. The molecule has 1 atom stereocenters. The lowest BCUT2D eigenvalue weighted by Crippen LogP contribution is -2.42. The largest absolute Gasteiger partial charge is 0.497 e. The van der Waals surface area contributed by atoms with Gasteiger partial charge in [-0.25, -0.2) is 4.39 Å². The van der Waals surface area contributed by atoms with Gasteiger partial charge in [-0.1, -0.05) is 11.2 Å². The monoisotopic (exact) mass is 383 g/mol. The second-order valence-corrected chi connectivity index (χ2v) is 6.31. The van der Waals surface area contributed by atoms with Crippen LogP contribution >= 0.6 is 0 Å². The number of carbonyl (C=O) groups is 1. The first-order valence-electron chi connectivity index (χ1n) is 8.78. The molecule has 0 N–H and O–H groups in total. The van der Waals surface area contributed by atoms with Gasteiger partial charge in [0.25, 0.3) is 11.8 Å². The number of rotatable bonds is 4. The molecule has 0 radical (unpaired) electrons. The van der Waals surface area contributed by atoms with Gasteiger partial charge in [-0.15, -0.1) is 0 Å². The molecule has 0 bridgehead atoms. The topological polar surface area (TPSA) is 77.7 Å². The zero-order valence-electron chi connectivity index (χ0n) is 15.2. The minimum atomic E-state index is -0.512. The fourth-order valence-corrected chi connectivity index (χ4v) is 3.01. The highest BCUT2D eigenvalue weighted by molar-refractivity contribution is 5.94. The number of benzene rings is 2. The number of carbonyl (C=O) groups excluding carboxylic acids is 1. The van der Waals surface area contributed by atoms with Crippen molar-refractivity contribution in [3.05, 3.63) is 65.7 Å². The Morgan fingerprint density at radius 2 is 2.07 bits per heavy atom. The predicted molar refractivity (Wildman–Crippen MR) is 97.3 cm³/mol. The average Bonchev–Trinajstić information content (AvgIpc) is 3.24. The van der Waals surface area contributed by atoms with Gasteiger partial charge in [-0.3, -0.25) is 4.79 Å². The summed E-state index contributed by atoms with van der Waals surface area (Å²) in [7, 11) is 1.59. The summed E-state index contributed by atoms with van der Waals surface area (Å²) in [5, 5.41) is 4.00. The van der Waals surface area contributed by atoms with Crippen molar-refractivity contribution < 1.29 is 23.2 Å². The van der Waals surface area contributed by atoms with Gasteiger partial charge in [-0.05, 0) is 42.5 Å². The van der Waals surface area contributed by atoms with E-state index in [9.17, 15) is 9.18 Å². The fraction of sp³-hybridized carbons (Fsp3) is 0.250. The van der Waals surface area contributed by atoms with Crippen LogP contribution in [0.3, 0.4) is 0 Å². The number of aromatic nitrogens is 2. The second-order valence-electron chi connectivity index (χ2n) is 6.31. The van der Waals surface area contributed by atoms with E-state index >= 15 is 0 Å². The molecule has 0 unspecified atom stereocenters. The molecule has 8 heteroatoms. The second kappa shape index (κ2) is 7.77. The molecule has 144 valence electrons. The Hall–Kier alpha value is -3.26. The van der Waals surface area contributed by atoms with Crippen LogP contribution in [0.15, 0.2) is 53.1 Å². The average molecular weight is 383 g/mol. The third-order valence-electron chi connectivity index (χ3n) is 4.49. The molecule has 2 aromatic carbocycles. The molecule has 0 spiro atoms. The number of ether oxygens (including phenoxy) is 2. The molecular formula is C20H18FN3O4. The number of halogens is 1. The molecule has 3 aromatic rings. The summed E-state index contributed by atoms with van der Waals surface area (Å²) >= 11 is 0. The standard InChI is InChI=1S/C20H18FN3O4/c1-26-16-7-5-13(6-8-16)19-22-18(23-28-19)17-12-24(9-10-27-17)20(25)14-3-2-4-15(21)11-14/h2-8,11,17H,9-10,12H2,1H3/t17-/m1/s1. The minimum absolute atomic E-state index is 0.258. The van der Waals surface area contributed by atoms with Crippen LogP contribution in [0.5, 0.6) is 5.75 Å². The van der Waals surface area contributed by atoms with Crippen molar-refractivity contribution >= 4 is 5.91 Å². The number of amides is 1. The highest BCUT2D eigenvalue weighted by atomic mass is 19.1. The van der Waals surface area contributed by atoms with Gasteiger partial charge in [0, 0.05) is 17.7 Å². The minimum Gasteiger partial charge on any atom is -0.497 e. The Labute approximate surface area is 160 Å². The SMILES string of the molecule is COc1ccc(-c2nc([C@H]3CN(C(=O)c4cccc(F)c4)CCO3)no2)cc1. The third kappa shape index (κ3) is 3.72. The van der Waals surface area contributed by atoms with Crippen molar-refractivity contribution in [2.75, 3.05) is 26.8 Å². The van der Waals surface area contributed by atoms with Crippen molar-refractivity contribution in [2.45, 2.75) is 6.10 Å². The molecule has 1 aromatic heterocycles. The summed E-state index contributed by atoms with van der Waals surface area (Å²) in [5.41, 5.74) is 1.05. The first-order chi connectivity index (χ1) is 13.6. The summed E-state index contributed by atoms with van der Waals surface area (Å²) in [4.78, 5) is 18.6. The smallest absolute Gasteiger partial charge is 0.258 e. The van der Waals surface area contributed by atoms with E-state index in [0.717, 1.165) is 11.3 Å². The molecule has 1 aliphatic rings. The summed E-state index contributed by atoms with van der Waals surface area (Å²) in [6.45, 7) is 1.00. The molecule has 1 amide bonds. The Morgan fingerprint density at radius 3 is 2.82 bits per heavy atom. The summed E-state index contributed by atoms with van der Waals surface area (Å²) in [6.07, 6.45) is -0.512. The lowest BCUT2D eigenvalue weighted by molar-refractivity contribution is -0.0276.